The quantitative estimate of drug-likeness (QED) is 0.158. The number of aliphatic imine (C=N–C) groups is 1. The maximum Gasteiger partial charge on any atom is 0.210 e. The highest BCUT2D eigenvalue weighted by molar-refractivity contribution is 6.00. The molecule has 2 saturated heterocycles. The lowest BCUT2D eigenvalue weighted by atomic mass is 9.99. The number of nitrogens with one attached hydrogen (secondary N) is 2. The van der Waals surface area contributed by atoms with E-state index in [9.17, 15) is 4.79 Å². The fourth-order valence-electron chi connectivity index (χ4n) is 6.36. The molecule has 3 aromatic heterocycles. The lowest BCUT2D eigenvalue weighted by Gasteiger charge is -2.22. The second-order valence-electron chi connectivity index (χ2n) is 11.3. The largest absolute Gasteiger partial charge is 0.339 e. The van der Waals surface area contributed by atoms with Gasteiger partial charge in [-0.2, -0.15) is 0 Å². The van der Waals surface area contributed by atoms with Crippen LogP contribution in [0.4, 0.5) is 5.82 Å². The van der Waals surface area contributed by atoms with E-state index in [0.29, 0.717) is 11.9 Å². The molecule has 0 saturated carbocycles. The van der Waals surface area contributed by atoms with E-state index in [4.69, 9.17) is 4.98 Å². The van der Waals surface area contributed by atoms with Gasteiger partial charge in [-0.25, -0.2) is 15.0 Å². The third-order valence-electron chi connectivity index (χ3n) is 8.70. The summed E-state index contributed by atoms with van der Waals surface area (Å²) < 4.78 is 0. The number of amides is 1. The van der Waals surface area contributed by atoms with Gasteiger partial charge in [-0.15, -0.1) is 0 Å². The van der Waals surface area contributed by atoms with Crippen LogP contribution in [0.1, 0.15) is 37.5 Å². The molecule has 5 aromatic rings. The normalized spacial score (nSPS) is 19.7. The van der Waals surface area contributed by atoms with Gasteiger partial charge in [0, 0.05) is 37.1 Å². The summed E-state index contributed by atoms with van der Waals surface area (Å²) in [6.45, 7) is 1.87. The molecule has 2 aromatic carbocycles. The van der Waals surface area contributed by atoms with E-state index in [-0.39, 0.29) is 6.04 Å². The van der Waals surface area contributed by atoms with Crippen molar-refractivity contribution in [1.82, 2.24) is 29.7 Å². The highest BCUT2D eigenvalue weighted by Crippen LogP contribution is 2.32. The highest BCUT2D eigenvalue weighted by atomic mass is 16.1. The lowest BCUT2D eigenvalue weighted by molar-refractivity contribution is -0.117. The summed E-state index contributed by atoms with van der Waals surface area (Å²) in [7, 11) is 3.91. The summed E-state index contributed by atoms with van der Waals surface area (Å²) in [5, 5.41) is 5.65. The standard InChI is InChI=1S/C33H34N8O/c1-34-32(29-6-4-14-41(29)20-42)38-30-12-11-25(18-35-30)23-9-7-22-16-24(10-8-21(22)15-23)26-17-27-31(36-19-26)39-33(37-27)28-5-3-13-40(28)2/h7-12,15-20,28-29H,3-6,13-14H2,1-2H3,(H,34,35,38)(H,36,37,39)/t28-,29-/m0/s1. The predicted octanol–water partition coefficient (Wildman–Crippen LogP) is 5.67. The van der Waals surface area contributed by atoms with Crippen molar-refractivity contribution in [3.8, 4) is 22.3 Å². The van der Waals surface area contributed by atoms with Gasteiger partial charge in [0.1, 0.15) is 17.5 Å². The second kappa shape index (κ2) is 11.0. The van der Waals surface area contributed by atoms with Crippen molar-refractivity contribution in [3.05, 3.63) is 72.8 Å². The van der Waals surface area contributed by atoms with Gasteiger partial charge in [-0.05, 0) is 91.5 Å². The minimum atomic E-state index is -0.0204. The van der Waals surface area contributed by atoms with Crippen LogP contribution in [-0.2, 0) is 4.79 Å². The van der Waals surface area contributed by atoms with Crippen LogP contribution in [0.2, 0.25) is 0 Å². The van der Waals surface area contributed by atoms with Crippen LogP contribution in [0.25, 0.3) is 44.2 Å². The number of anilines is 1. The minimum Gasteiger partial charge on any atom is -0.339 e. The summed E-state index contributed by atoms with van der Waals surface area (Å²) in [6, 6.07) is 19.5. The van der Waals surface area contributed by atoms with Gasteiger partial charge in [0.05, 0.1) is 17.6 Å². The maximum atomic E-state index is 11.4. The number of carbonyl (C=O) groups excluding carboxylic acids is 1. The van der Waals surface area contributed by atoms with E-state index >= 15 is 0 Å². The molecule has 2 aliphatic heterocycles. The third kappa shape index (κ3) is 4.90. The first-order valence-corrected chi connectivity index (χ1v) is 14.6. The van der Waals surface area contributed by atoms with Gasteiger partial charge in [0.25, 0.3) is 0 Å². The van der Waals surface area contributed by atoms with Crippen LogP contribution < -0.4 is 5.32 Å². The van der Waals surface area contributed by atoms with Crippen molar-refractivity contribution in [1.29, 1.82) is 0 Å². The van der Waals surface area contributed by atoms with Gasteiger partial charge >= 0.3 is 0 Å². The molecule has 0 radical (unpaired) electrons. The number of benzene rings is 2. The molecule has 2 N–H and O–H groups in total. The van der Waals surface area contributed by atoms with Crippen molar-refractivity contribution in [2.45, 2.75) is 37.8 Å². The molecule has 0 bridgehead atoms. The average Bonchev–Trinajstić information content (AvgIpc) is 3.78. The topological polar surface area (TPSA) is 102 Å². The number of imidazole rings is 1. The maximum absolute atomic E-state index is 11.4. The van der Waals surface area contributed by atoms with Crippen LogP contribution in [0.5, 0.6) is 0 Å². The smallest absolute Gasteiger partial charge is 0.210 e. The zero-order valence-corrected chi connectivity index (χ0v) is 23.9. The zero-order valence-electron chi connectivity index (χ0n) is 23.9. The number of hydrogen-bond acceptors (Lipinski definition) is 6. The van der Waals surface area contributed by atoms with E-state index in [2.05, 4.69) is 85.7 Å². The first-order valence-electron chi connectivity index (χ1n) is 14.6. The molecule has 2 atom stereocenters. The SMILES string of the molecule is CN=C(Nc1ccc(-c2ccc3cc(-c4cnc5nc([C@@H]6CCCN6C)[nH]c5c4)ccc3c2)cn1)[C@@H]1CCCN1C=O. The molecule has 5 heterocycles. The van der Waals surface area contributed by atoms with E-state index in [1.807, 2.05) is 18.5 Å². The molecular formula is C33H34N8O. The number of aromatic amines is 1. The molecule has 9 nitrogen and oxygen atoms in total. The number of fused-ring (bicyclic) bond motifs is 2. The number of rotatable bonds is 6. The summed E-state index contributed by atoms with van der Waals surface area (Å²) in [5.74, 6) is 2.49. The zero-order chi connectivity index (χ0) is 28.6. The Kier molecular flexibility index (Phi) is 6.87. The summed E-state index contributed by atoms with van der Waals surface area (Å²) in [6.07, 6.45) is 8.91. The summed E-state index contributed by atoms with van der Waals surface area (Å²) >= 11 is 0. The molecule has 42 heavy (non-hydrogen) atoms. The highest BCUT2D eigenvalue weighted by Gasteiger charge is 2.28. The van der Waals surface area contributed by atoms with Crippen LogP contribution in [-0.4, -0.2) is 75.2 Å². The first kappa shape index (κ1) is 26.3. The minimum absolute atomic E-state index is 0.0204. The molecule has 212 valence electrons. The Morgan fingerprint density at radius 1 is 0.929 bits per heavy atom. The number of likely N-dealkylation sites (tertiary alicyclic amines) is 2. The fraction of sp³-hybridized carbons (Fsp3) is 0.303. The monoisotopic (exact) mass is 558 g/mol. The van der Waals surface area contributed by atoms with Crippen molar-refractivity contribution in [2.24, 2.45) is 4.99 Å². The predicted molar refractivity (Wildman–Crippen MR) is 167 cm³/mol. The van der Waals surface area contributed by atoms with Crippen LogP contribution in [0.3, 0.4) is 0 Å². The molecule has 9 heteroatoms. The van der Waals surface area contributed by atoms with Gasteiger partial charge < -0.3 is 15.2 Å². The number of aromatic nitrogens is 4. The Labute approximate surface area is 244 Å². The fourth-order valence-corrected chi connectivity index (χ4v) is 6.36. The second-order valence-corrected chi connectivity index (χ2v) is 11.3. The van der Waals surface area contributed by atoms with E-state index in [0.717, 1.165) is 89.2 Å². The number of nitrogens with zero attached hydrogens (tertiary/aromatic N) is 6. The number of carbonyl (C=O) groups is 1. The van der Waals surface area contributed by atoms with Crippen LogP contribution in [0.15, 0.2) is 72.0 Å². The number of amidine groups is 1. The van der Waals surface area contributed by atoms with E-state index in [1.54, 1.807) is 11.9 Å². The Hall–Kier alpha value is -4.63. The Morgan fingerprint density at radius 3 is 2.36 bits per heavy atom. The third-order valence-corrected chi connectivity index (χ3v) is 8.70. The average molecular weight is 559 g/mol. The van der Waals surface area contributed by atoms with Crippen molar-refractivity contribution < 1.29 is 4.79 Å². The number of hydrogen-bond donors (Lipinski definition) is 2. The van der Waals surface area contributed by atoms with Crippen molar-refractivity contribution in [2.75, 3.05) is 32.5 Å². The first-order chi connectivity index (χ1) is 20.6. The number of H-pyrrole nitrogens is 1. The molecule has 0 aliphatic carbocycles. The van der Waals surface area contributed by atoms with Gasteiger partial charge in [-0.3, -0.25) is 14.7 Å². The van der Waals surface area contributed by atoms with Crippen LogP contribution >= 0.6 is 0 Å². The van der Waals surface area contributed by atoms with Crippen molar-refractivity contribution >= 4 is 40.0 Å². The number of pyridine rings is 2. The van der Waals surface area contributed by atoms with E-state index < -0.39 is 0 Å². The van der Waals surface area contributed by atoms with Crippen LogP contribution in [0, 0.1) is 0 Å². The molecule has 2 fully saturated rings. The van der Waals surface area contributed by atoms with Crippen molar-refractivity contribution in [3.63, 3.8) is 0 Å². The molecule has 0 unspecified atom stereocenters. The summed E-state index contributed by atoms with van der Waals surface area (Å²) in [5.41, 5.74) is 6.08. The molecule has 2 aliphatic rings. The lowest BCUT2D eigenvalue weighted by Crippen LogP contribution is -2.39. The molecule has 0 spiro atoms. The molecular weight excluding hydrogens is 524 g/mol. The summed E-state index contributed by atoms with van der Waals surface area (Å²) in [4.78, 5) is 37.6. The van der Waals surface area contributed by atoms with Gasteiger partial charge in [0.15, 0.2) is 5.65 Å². The Bertz CT molecular complexity index is 1790. The molecule has 1 amide bonds. The van der Waals surface area contributed by atoms with Gasteiger partial charge in [-0.1, -0.05) is 24.3 Å². The van der Waals surface area contributed by atoms with Gasteiger partial charge in [0.2, 0.25) is 6.41 Å². The molecule has 7 rings (SSSR count). The Morgan fingerprint density at radius 2 is 1.67 bits per heavy atom. The van der Waals surface area contributed by atoms with E-state index in [1.165, 1.54) is 11.8 Å². The Balaban J connectivity index is 1.09.